The Hall–Kier alpha value is -2.11. The first-order valence-corrected chi connectivity index (χ1v) is 7.53. The number of nitriles is 1. The van der Waals surface area contributed by atoms with Gasteiger partial charge in [0.2, 0.25) is 0 Å². The Bertz CT molecular complexity index is 581. The summed E-state index contributed by atoms with van der Waals surface area (Å²) in [5.74, 6) is 0. The second-order valence-corrected chi connectivity index (χ2v) is 5.34. The van der Waals surface area contributed by atoms with Gasteiger partial charge in [0.25, 0.3) is 0 Å². The molecule has 2 atom stereocenters. The summed E-state index contributed by atoms with van der Waals surface area (Å²) in [6.07, 6.45) is 1.53. The van der Waals surface area contributed by atoms with E-state index in [2.05, 4.69) is 73.8 Å². The lowest BCUT2D eigenvalue weighted by atomic mass is 10.0. The summed E-state index contributed by atoms with van der Waals surface area (Å²) in [7, 11) is 0. The second-order valence-electron chi connectivity index (χ2n) is 5.34. The summed E-state index contributed by atoms with van der Waals surface area (Å²) in [6.45, 7) is 4.26. The molecule has 2 unspecified atom stereocenters. The van der Waals surface area contributed by atoms with E-state index in [-0.39, 0.29) is 12.1 Å². The SMILES string of the molecule is CCC(CC#N)NC(C)c1ccc(-c2ccccc2)cc1. The fourth-order valence-corrected chi connectivity index (χ4v) is 2.48. The van der Waals surface area contributed by atoms with Crippen LogP contribution in [0.15, 0.2) is 54.6 Å². The van der Waals surface area contributed by atoms with Crippen molar-refractivity contribution in [2.75, 3.05) is 0 Å². The highest BCUT2D eigenvalue weighted by Crippen LogP contribution is 2.22. The highest BCUT2D eigenvalue weighted by molar-refractivity contribution is 5.63. The predicted molar refractivity (Wildman–Crippen MR) is 87.7 cm³/mol. The van der Waals surface area contributed by atoms with Crippen LogP contribution >= 0.6 is 0 Å². The molecule has 0 fully saturated rings. The average molecular weight is 278 g/mol. The third-order valence-corrected chi connectivity index (χ3v) is 3.83. The number of rotatable bonds is 6. The van der Waals surface area contributed by atoms with Gasteiger partial charge in [-0.3, -0.25) is 0 Å². The third kappa shape index (κ3) is 4.18. The first-order valence-electron chi connectivity index (χ1n) is 7.53. The molecule has 0 spiro atoms. The molecule has 0 radical (unpaired) electrons. The van der Waals surface area contributed by atoms with E-state index in [1.54, 1.807) is 0 Å². The van der Waals surface area contributed by atoms with Gasteiger partial charge in [-0.15, -0.1) is 0 Å². The molecule has 2 aromatic rings. The van der Waals surface area contributed by atoms with Gasteiger partial charge in [0, 0.05) is 12.1 Å². The number of nitrogens with zero attached hydrogens (tertiary/aromatic N) is 1. The molecular weight excluding hydrogens is 256 g/mol. The van der Waals surface area contributed by atoms with Crippen LogP contribution in [0.2, 0.25) is 0 Å². The fourth-order valence-electron chi connectivity index (χ4n) is 2.48. The summed E-state index contributed by atoms with van der Waals surface area (Å²) in [4.78, 5) is 0. The number of hydrogen-bond acceptors (Lipinski definition) is 2. The van der Waals surface area contributed by atoms with Crippen LogP contribution < -0.4 is 5.32 Å². The molecule has 0 aliphatic carbocycles. The minimum atomic E-state index is 0.258. The van der Waals surface area contributed by atoms with Crippen LogP contribution in [0, 0.1) is 11.3 Å². The molecule has 0 amide bonds. The number of benzene rings is 2. The van der Waals surface area contributed by atoms with E-state index in [9.17, 15) is 0 Å². The van der Waals surface area contributed by atoms with Crippen molar-refractivity contribution in [2.24, 2.45) is 0 Å². The average Bonchev–Trinajstić information content (AvgIpc) is 2.55. The lowest BCUT2D eigenvalue weighted by molar-refractivity contribution is 0.448. The minimum Gasteiger partial charge on any atom is -0.306 e. The van der Waals surface area contributed by atoms with E-state index in [1.165, 1.54) is 16.7 Å². The van der Waals surface area contributed by atoms with Gasteiger partial charge in [0.05, 0.1) is 12.5 Å². The summed E-state index contributed by atoms with van der Waals surface area (Å²) < 4.78 is 0. The van der Waals surface area contributed by atoms with Gasteiger partial charge in [-0.25, -0.2) is 0 Å². The van der Waals surface area contributed by atoms with Crippen molar-refractivity contribution in [3.63, 3.8) is 0 Å². The van der Waals surface area contributed by atoms with Crippen molar-refractivity contribution in [1.82, 2.24) is 5.32 Å². The van der Waals surface area contributed by atoms with E-state index >= 15 is 0 Å². The Kier molecular flexibility index (Phi) is 5.54. The zero-order chi connectivity index (χ0) is 15.1. The Balaban J connectivity index is 2.07. The maximum Gasteiger partial charge on any atom is 0.0638 e. The molecule has 108 valence electrons. The summed E-state index contributed by atoms with van der Waals surface area (Å²) >= 11 is 0. The molecule has 0 saturated carbocycles. The van der Waals surface area contributed by atoms with Crippen molar-refractivity contribution < 1.29 is 0 Å². The molecular formula is C19H22N2. The van der Waals surface area contributed by atoms with Crippen LogP contribution in [0.25, 0.3) is 11.1 Å². The molecule has 21 heavy (non-hydrogen) atoms. The molecule has 0 heterocycles. The normalized spacial score (nSPS) is 13.4. The quantitative estimate of drug-likeness (QED) is 0.831. The molecule has 0 aliphatic rings. The van der Waals surface area contributed by atoms with Crippen molar-refractivity contribution in [2.45, 2.75) is 38.8 Å². The van der Waals surface area contributed by atoms with Gasteiger partial charge >= 0.3 is 0 Å². The molecule has 2 rings (SSSR count). The van der Waals surface area contributed by atoms with Gasteiger partial charge < -0.3 is 5.32 Å². The molecule has 2 heteroatoms. The predicted octanol–water partition coefficient (Wildman–Crippen LogP) is 4.70. The molecule has 2 nitrogen and oxygen atoms in total. The van der Waals surface area contributed by atoms with Crippen molar-refractivity contribution in [1.29, 1.82) is 5.26 Å². The second kappa shape index (κ2) is 7.61. The Morgan fingerprint density at radius 3 is 2.19 bits per heavy atom. The van der Waals surface area contributed by atoms with E-state index in [1.807, 2.05) is 6.07 Å². The van der Waals surface area contributed by atoms with Crippen LogP contribution in [-0.4, -0.2) is 6.04 Å². The molecule has 0 saturated heterocycles. The molecule has 0 aliphatic heterocycles. The van der Waals surface area contributed by atoms with Gasteiger partial charge in [-0.05, 0) is 30.0 Å². The van der Waals surface area contributed by atoms with E-state index in [4.69, 9.17) is 5.26 Å². The van der Waals surface area contributed by atoms with Gasteiger partial charge in [-0.1, -0.05) is 61.5 Å². The fraction of sp³-hybridized carbons (Fsp3) is 0.316. The van der Waals surface area contributed by atoms with Crippen molar-refractivity contribution in [3.8, 4) is 17.2 Å². The van der Waals surface area contributed by atoms with Crippen LogP contribution in [0.1, 0.15) is 38.3 Å². The number of hydrogen-bond donors (Lipinski definition) is 1. The molecule has 1 N–H and O–H groups in total. The monoisotopic (exact) mass is 278 g/mol. The molecule has 2 aromatic carbocycles. The van der Waals surface area contributed by atoms with Crippen LogP contribution in [0.4, 0.5) is 0 Å². The summed E-state index contributed by atoms with van der Waals surface area (Å²) in [5.41, 5.74) is 3.72. The standard InChI is InChI=1S/C19H22N2/c1-3-19(13-14-20)21-15(2)16-9-11-18(12-10-16)17-7-5-4-6-8-17/h4-12,15,19,21H,3,13H2,1-2H3. The topological polar surface area (TPSA) is 35.8 Å². The van der Waals surface area contributed by atoms with Gasteiger partial charge in [0.1, 0.15) is 0 Å². The summed E-state index contributed by atoms with van der Waals surface area (Å²) in [6, 6.07) is 21.8. The third-order valence-electron chi connectivity index (χ3n) is 3.83. The zero-order valence-electron chi connectivity index (χ0n) is 12.7. The molecule has 0 aromatic heterocycles. The Morgan fingerprint density at radius 1 is 1.00 bits per heavy atom. The number of nitrogens with one attached hydrogen (secondary N) is 1. The summed E-state index contributed by atoms with van der Waals surface area (Å²) in [5, 5.41) is 12.3. The van der Waals surface area contributed by atoms with E-state index < -0.39 is 0 Å². The van der Waals surface area contributed by atoms with Crippen LogP contribution in [-0.2, 0) is 0 Å². The largest absolute Gasteiger partial charge is 0.306 e. The molecule has 0 bridgehead atoms. The highest BCUT2D eigenvalue weighted by Gasteiger charge is 2.11. The lowest BCUT2D eigenvalue weighted by Crippen LogP contribution is -2.30. The van der Waals surface area contributed by atoms with Crippen LogP contribution in [0.3, 0.4) is 0 Å². The first kappa shape index (κ1) is 15.3. The smallest absolute Gasteiger partial charge is 0.0638 e. The maximum absolute atomic E-state index is 8.82. The van der Waals surface area contributed by atoms with E-state index in [0.717, 1.165) is 6.42 Å². The van der Waals surface area contributed by atoms with Gasteiger partial charge in [-0.2, -0.15) is 5.26 Å². The minimum absolute atomic E-state index is 0.258. The lowest BCUT2D eigenvalue weighted by Gasteiger charge is -2.20. The van der Waals surface area contributed by atoms with Gasteiger partial charge in [0.15, 0.2) is 0 Å². The van der Waals surface area contributed by atoms with E-state index in [0.29, 0.717) is 6.42 Å². The first-order chi connectivity index (χ1) is 10.2. The maximum atomic E-state index is 8.82. The highest BCUT2D eigenvalue weighted by atomic mass is 14.9. The van der Waals surface area contributed by atoms with Crippen molar-refractivity contribution >= 4 is 0 Å². The Labute approximate surface area is 127 Å². The Morgan fingerprint density at radius 2 is 1.62 bits per heavy atom. The van der Waals surface area contributed by atoms with Crippen molar-refractivity contribution in [3.05, 3.63) is 60.2 Å². The zero-order valence-corrected chi connectivity index (χ0v) is 12.7. The van der Waals surface area contributed by atoms with Crippen LogP contribution in [0.5, 0.6) is 0 Å².